The highest BCUT2D eigenvalue weighted by atomic mass is 32.2. The van der Waals surface area contributed by atoms with Crippen molar-refractivity contribution in [1.29, 1.82) is 0 Å². The van der Waals surface area contributed by atoms with Gasteiger partial charge in [-0.3, -0.25) is 4.21 Å². The molecule has 30 heavy (non-hydrogen) atoms. The van der Waals surface area contributed by atoms with Crippen LogP contribution >= 0.6 is 0 Å². The van der Waals surface area contributed by atoms with Gasteiger partial charge in [-0.1, -0.05) is 38.1 Å². The molecule has 0 saturated carbocycles. The highest BCUT2D eigenvalue weighted by Gasteiger charge is 2.14. The summed E-state index contributed by atoms with van der Waals surface area (Å²) in [4.78, 5) is 2.13. The van der Waals surface area contributed by atoms with Gasteiger partial charge in [0, 0.05) is 34.2 Å². The van der Waals surface area contributed by atoms with E-state index < -0.39 is 11.3 Å². The fourth-order valence-corrected chi connectivity index (χ4v) is 3.76. The Morgan fingerprint density at radius 2 is 1.63 bits per heavy atom. The van der Waals surface area contributed by atoms with Crippen LogP contribution in [0.5, 0.6) is 0 Å². The molecule has 0 bridgehead atoms. The Kier molecular flexibility index (Phi) is 5.67. The molecule has 1 atom stereocenters. The number of hydrazine groups is 1. The molecule has 4 rings (SSSR count). The summed E-state index contributed by atoms with van der Waals surface area (Å²) in [7, 11) is 0. The number of nitrogens with one attached hydrogen (secondary N) is 2. The van der Waals surface area contributed by atoms with Crippen LogP contribution in [-0.2, 0) is 11.3 Å². The third-order valence-corrected chi connectivity index (χ3v) is 5.33. The fourth-order valence-electron chi connectivity index (χ4n) is 3.55. The van der Waals surface area contributed by atoms with E-state index in [9.17, 15) is 13.2 Å². The molecule has 1 aromatic heterocycles. The second kappa shape index (κ2) is 8.39. The van der Waals surface area contributed by atoms with Crippen molar-refractivity contribution in [2.45, 2.75) is 19.8 Å². The summed E-state index contributed by atoms with van der Waals surface area (Å²) in [5, 5.41) is 1.17. The molecular formula is C23H21FN3O2S-. The largest absolute Gasteiger partial charge is 0.759 e. The molecule has 154 valence electrons. The van der Waals surface area contributed by atoms with Crippen molar-refractivity contribution in [3.8, 4) is 16.8 Å². The van der Waals surface area contributed by atoms with E-state index in [1.165, 1.54) is 23.1 Å². The average molecular weight is 423 g/mol. The minimum Gasteiger partial charge on any atom is -0.759 e. The molecule has 0 fully saturated rings. The van der Waals surface area contributed by atoms with Crippen molar-refractivity contribution in [3.63, 3.8) is 0 Å². The molecule has 0 saturated heterocycles. The van der Waals surface area contributed by atoms with Crippen LogP contribution in [0.25, 0.3) is 27.7 Å². The van der Waals surface area contributed by atoms with Gasteiger partial charge in [-0.15, -0.1) is 0 Å². The zero-order valence-electron chi connectivity index (χ0n) is 16.6. The van der Waals surface area contributed by atoms with Crippen LogP contribution in [0, 0.1) is 5.82 Å². The number of fused-ring (bicyclic) bond motifs is 1. The Labute approximate surface area is 176 Å². The minimum absolute atomic E-state index is 0.255. The monoisotopic (exact) mass is 422 g/mol. The first-order valence-corrected chi connectivity index (χ1v) is 10.6. The summed E-state index contributed by atoms with van der Waals surface area (Å²) in [6.07, 6.45) is 2.14. The molecule has 0 spiro atoms. The number of anilines is 1. The fraction of sp³-hybridized carbons (Fsp3) is 0.130. The SMILES string of the molecule is CC(C)c1cn(-c2ccc(NNS(=O)[O-])cc2)c2cc(-c3ccc(F)cc3)ccc12. The molecule has 0 amide bonds. The van der Waals surface area contributed by atoms with Gasteiger partial charge in [0.15, 0.2) is 0 Å². The topological polar surface area (TPSA) is 69.1 Å². The first-order chi connectivity index (χ1) is 14.4. The van der Waals surface area contributed by atoms with Gasteiger partial charge in [0.25, 0.3) is 0 Å². The number of benzene rings is 3. The first kappa shape index (κ1) is 20.3. The number of aromatic nitrogens is 1. The van der Waals surface area contributed by atoms with Crippen molar-refractivity contribution >= 4 is 27.9 Å². The van der Waals surface area contributed by atoms with Crippen molar-refractivity contribution in [1.82, 2.24) is 9.40 Å². The quantitative estimate of drug-likeness (QED) is 0.328. The molecule has 1 unspecified atom stereocenters. The highest BCUT2D eigenvalue weighted by Crippen LogP contribution is 2.33. The lowest BCUT2D eigenvalue weighted by Gasteiger charge is -2.11. The van der Waals surface area contributed by atoms with E-state index in [0.29, 0.717) is 11.6 Å². The van der Waals surface area contributed by atoms with Gasteiger partial charge >= 0.3 is 0 Å². The normalized spacial score (nSPS) is 12.4. The zero-order valence-corrected chi connectivity index (χ0v) is 17.4. The third kappa shape index (κ3) is 4.14. The molecule has 7 heteroatoms. The average Bonchev–Trinajstić information content (AvgIpc) is 3.12. The van der Waals surface area contributed by atoms with E-state index in [1.54, 1.807) is 24.3 Å². The Hall–Kier alpha value is -3.00. The maximum atomic E-state index is 13.3. The summed E-state index contributed by atoms with van der Waals surface area (Å²) >= 11 is -2.39. The van der Waals surface area contributed by atoms with E-state index in [2.05, 4.69) is 53.1 Å². The predicted molar refractivity (Wildman–Crippen MR) is 118 cm³/mol. The van der Waals surface area contributed by atoms with E-state index in [-0.39, 0.29) is 5.82 Å². The van der Waals surface area contributed by atoms with E-state index in [4.69, 9.17) is 0 Å². The number of hydrogen-bond donors (Lipinski definition) is 2. The standard InChI is InChI=1S/C23H22FN3O2S/c1-15(2)22-14-27(20-10-8-19(9-11-20)25-26-30(28)29)23-13-17(5-12-21(22)23)16-3-6-18(24)7-4-16/h3-15,25-26H,1-2H3,(H,28,29)/p-1. The number of nitrogens with zero attached hydrogens (tertiary/aromatic N) is 1. The minimum atomic E-state index is -2.39. The van der Waals surface area contributed by atoms with Crippen LogP contribution in [-0.4, -0.2) is 13.3 Å². The molecule has 5 nitrogen and oxygen atoms in total. The summed E-state index contributed by atoms with van der Waals surface area (Å²) in [5.41, 5.74) is 8.46. The van der Waals surface area contributed by atoms with E-state index in [1.807, 2.05) is 12.1 Å². The van der Waals surface area contributed by atoms with E-state index >= 15 is 0 Å². The van der Waals surface area contributed by atoms with Crippen LogP contribution in [0.1, 0.15) is 25.3 Å². The van der Waals surface area contributed by atoms with Crippen molar-refractivity contribution in [2.24, 2.45) is 0 Å². The number of hydrogen-bond acceptors (Lipinski definition) is 3. The smallest absolute Gasteiger partial charge is 0.123 e. The lowest BCUT2D eigenvalue weighted by Crippen LogP contribution is -2.23. The molecule has 1 heterocycles. The predicted octanol–water partition coefficient (Wildman–Crippen LogP) is 5.27. The van der Waals surface area contributed by atoms with Crippen molar-refractivity contribution in [2.75, 3.05) is 5.43 Å². The van der Waals surface area contributed by atoms with Gasteiger partial charge in [0.05, 0.1) is 5.52 Å². The van der Waals surface area contributed by atoms with Crippen LogP contribution in [0.2, 0.25) is 0 Å². The Morgan fingerprint density at radius 1 is 0.967 bits per heavy atom. The summed E-state index contributed by atoms with van der Waals surface area (Å²) < 4.78 is 36.7. The molecule has 4 aromatic rings. The van der Waals surface area contributed by atoms with Gasteiger partial charge in [-0.25, -0.2) is 4.39 Å². The third-order valence-electron chi connectivity index (χ3n) is 5.06. The summed E-state index contributed by atoms with van der Waals surface area (Å²) in [6.45, 7) is 4.32. The van der Waals surface area contributed by atoms with Crippen LogP contribution in [0.15, 0.2) is 72.9 Å². The first-order valence-electron chi connectivity index (χ1n) is 9.54. The zero-order chi connectivity index (χ0) is 21.3. The van der Waals surface area contributed by atoms with Gasteiger partial charge in [0.2, 0.25) is 0 Å². The Morgan fingerprint density at radius 3 is 2.27 bits per heavy atom. The molecule has 0 aliphatic carbocycles. The van der Waals surface area contributed by atoms with Crippen LogP contribution in [0.3, 0.4) is 0 Å². The van der Waals surface area contributed by atoms with Gasteiger partial charge in [0.1, 0.15) is 5.82 Å². The molecule has 2 N–H and O–H groups in total. The number of rotatable bonds is 6. The van der Waals surface area contributed by atoms with Gasteiger partial charge < -0.3 is 14.5 Å². The Bertz CT molecular complexity index is 1200. The maximum absolute atomic E-state index is 13.3. The molecule has 0 aliphatic rings. The van der Waals surface area contributed by atoms with Crippen LogP contribution in [0.4, 0.5) is 10.1 Å². The number of halogens is 1. The lowest BCUT2D eigenvalue weighted by atomic mass is 9.99. The molecular weight excluding hydrogens is 401 g/mol. The van der Waals surface area contributed by atoms with Crippen LogP contribution < -0.4 is 10.3 Å². The molecule has 0 aliphatic heterocycles. The summed E-state index contributed by atoms with van der Waals surface area (Å²) in [6, 6.07) is 20.2. The van der Waals surface area contributed by atoms with Gasteiger partial charge in [-0.05, 0) is 65.1 Å². The maximum Gasteiger partial charge on any atom is 0.123 e. The molecule has 3 aromatic carbocycles. The second-order valence-corrected chi connectivity index (χ2v) is 8.03. The molecule has 0 radical (unpaired) electrons. The second-order valence-electron chi connectivity index (χ2n) is 7.36. The van der Waals surface area contributed by atoms with E-state index in [0.717, 1.165) is 22.3 Å². The van der Waals surface area contributed by atoms with Gasteiger partial charge in [-0.2, -0.15) is 4.83 Å². The van der Waals surface area contributed by atoms with Crippen molar-refractivity contribution in [3.05, 3.63) is 84.3 Å². The summed E-state index contributed by atoms with van der Waals surface area (Å²) in [5.74, 6) is 0.0943. The van der Waals surface area contributed by atoms with Crippen molar-refractivity contribution < 1.29 is 13.2 Å². The lowest BCUT2D eigenvalue weighted by molar-refractivity contribution is 0.528. The highest BCUT2D eigenvalue weighted by molar-refractivity contribution is 7.77. The Balaban J connectivity index is 1.79.